The molecule has 1 unspecified atom stereocenters. The standard InChI is InChI=1S/C16H23FN2O3/c1-4-7-22-16-9-14(19-6-5-12(10-19)21-3)13(17)8-15(16)18(2)11-20/h8-9,11-12H,4-7,10H2,1-3H3. The normalized spacial score (nSPS) is 17.6. The van der Waals surface area contributed by atoms with Crippen LogP contribution in [-0.4, -0.2) is 46.4 Å². The summed E-state index contributed by atoms with van der Waals surface area (Å²) in [5, 5.41) is 0. The Kier molecular flexibility index (Phi) is 5.60. The first-order valence-corrected chi connectivity index (χ1v) is 7.52. The third kappa shape index (κ3) is 3.50. The number of hydrogen-bond acceptors (Lipinski definition) is 4. The number of anilines is 2. The van der Waals surface area contributed by atoms with E-state index in [-0.39, 0.29) is 11.9 Å². The zero-order valence-corrected chi connectivity index (χ0v) is 13.3. The highest BCUT2D eigenvalue weighted by Gasteiger charge is 2.26. The quantitative estimate of drug-likeness (QED) is 0.726. The molecule has 1 aromatic rings. The minimum atomic E-state index is -0.357. The number of rotatable bonds is 7. The second-order valence-electron chi connectivity index (χ2n) is 5.43. The van der Waals surface area contributed by atoms with Gasteiger partial charge in [0, 0.05) is 39.4 Å². The van der Waals surface area contributed by atoms with Crippen LogP contribution in [0, 0.1) is 5.82 Å². The van der Waals surface area contributed by atoms with Crippen LogP contribution < -0.4 is 14.5 Å². The third-order valence-corrected chi connectivity index (χ3v) is 3.85. The summed E-state index contributed by atoms with van der Waals surface area (Å²) < 4.78 is 25.5. The van der Waals surface area contributed by atoms with E-state index in [2.05, 4.69) is 0 Å². The van der Waals surface area contributed by atoms with Gasteiger partial charge in [-0.2, -0.15) is 0 Å². The van der Waals surface area contributed by atoms with Crippen LogP contribution in [0.5, 0.6) is 5.75 Å². The number of carbonyl (C=O) groups excluding carboxylic acids is 1. The summed E-state index contributed by atoms with van der Waals surface area (Å²) in [7, 11) is 3.25. The number of ether oxygens (including phenoxy) is 2. The van der Waals surface area contributed by atoms with Crippen LogP contribution in [0.4, 0.5) is 15.8 Å². The molecule has 0 aromatic heterocycles. The molecular weight excluding hydrogens is 287 g/mol. The van der Waals surface area contributed by atoms with Gasteiger partial charge in [-0.1, -0.05) is 6.92 Å². The lowest BCUT2D eigenvalue weighted by Gasteiger charge is -2.23. The molecule has 1 aliphatic rings. The molecule has 122 valence electrons. The Morgan fingerprint density at radius 1 is 1.50 bits per heavy atom. The summed E-state index contributed by atoms with van der Waals surface area (Å²) >= 11 is 0. The average molecular weight is 310 g/mol. The summed E-state index contributed by atoms with van der Waals surface area (Å²) in [6.45, 7) is 3.91. The number of carbonyl (C=O) groups is 1. The van der Waals surface area contributed by atoms with E-state index in [1.54, 1.807) is 20.2 Å². The van der Waals surface area contributed by atoms with Crippen LogP contribution in [0.2, 0.25) is 0 Å². The molecule has 1 saturated heterocycles. The largest absolute Gasteiger partial charge is 0.491 e. The van der Waals surface area contributed by atoms with Crippen molar-refractivity contribution in [1.29, 1.82) is 0 Å². The molecule has 0 radical (unpaired) electrons. The molecule has 5 nitrogen and oxygen atoms in total. The van der Waals surface area contributed by atoms with E-state index >= 15 is 0 Å². The van der Waals surface area contributed by atoms with Crippen molar-refractivity contribution in [2.24, 2.45) is 0 Å². The van der Waals surface area contributed by atoms with Gasteiger partial charge >= 0.3 is 0 Å². The van der Waals surface area contributed by atoms with Crippen molar-refractivity contribution < 1.29 is 18.7 Å². The van der Waals surface area contributed by atoms with Gasteiger partial charge in [-0.05, 0) is 12.8 Å². The highest BCUT2D eigenvalue weighted by atomic mass is 19.1. The fourth-order valence-corrected chi connectivity index (χ4v) is 2.57. The van der Waals surface area contributed by atoms with E-state index in [4.69, 9.17) is 9.47 Å². The molecule has 22 heavy (non-hydrogen) atoms. The molecule has 0 spiro atoms. The van der Waals surface area contributed by atoms with Gasteiger partial charge in [-0.3, -0.25) is 4.79 Å². The molecule has 2 rings (SSSR count). The first-order valence-electron chi connectivity index (χ1n) is 7.52. The SMILES string of the molecule is CCCOc1cc(N2CCC(OC)C2)c(F)cc1N(C)C=O. The van der Waals surface area contributed by atoms with E-state index < -0.39 is 0 Å². The van der Waals surface area contributed by atoms with Gasteiger partial charge < -0.3 is 19.3 Å². The Hall–Kier alpha value is -1.82. The van der Waals surface area contributed by atoms with Gasteiger partial charge in [0.1, 0.15) is 11.6 Å². The second-order valence-corrected chi connectivity index (χ2v) is 5.43. The van der Waals surface area contributed by atoms with Crippen molar-refractivity contribution in [3.63, 3.8) is 0 Å². The highest BCUT2D eigenvalue weighted by molar-refractivity contribution is 5.80. The number of halogens is 1. The van der Waals surface area contributed by atoms with Gasteiger partial charge in [0.25, 0.3) is 0 Å². The zero-order chi connectivity index (χ0) is 16.1. The summed E-state index contributed by atoms with van der Waals surface area (Å²) in [6, 6.07) is 3.03. The molecule has 0 aliphatic carbocycles. The maximum atomic E-state index is 14.5. The average Bonchev–Trinajstić information content (AvgIpc) is 3.01. The van der Waals surface area contributed by atoms with Crippen LogP contribution in [0.15, 0.2) is 12.1 Å². The maximum Gasteiger partial charge on any atom is 0.213 e. The number of nitrogens with zero attached hydrogens (tertiary/aromatic N) is 2. The van der Waals surface area contributed by atoms with E-state index in [1.165, 1.54) is 11.0 Å². The Bertz CT molecular complexity index is 524. The molecule has 0 N–H and O–H groups in total. The predicted molar refractivity (Wildman–Crippen MR) is 84.3 cm³/mol. The Labute approximate surface area is 130 Å². The van der Waals surface area contributed by atoms with Crippen molar-refractivity contribution in [3.05, 3.63) is 17.9 Å². The van der Waals surface area contributed by atoms with E-state index in [9.17, 15) is 9.18 Å². The fourth-order valence-electron chi connectivity index (χ4n) is 2.57. The van der Waals surface area contributed by atoms with Crippen LogP contribution in [0.25, 0.3) is 0 Å². The third-order valence-electron chi connectivity index (χ3n) is 3.85. The Morgan fingerprint density at radius 2 is 2.27 bits per heavy atom. The Balaban J connectivity index is 2.32. The molecule has 1 heterocycles. The van der Waals surface area contributed by atoms with Gasteiger partial charge in [-0.15, -0.1) is 0 Å². The molecule has 1 aromatic carbocycles. The number of hydrogen-bond donors (Lipinski definition) is 0. The van der Waals surface area contributed by atoms with E-state index in [0.717, 1.165) is 19.4 Å². The van der Waals surface area contributed by atoms with Crippen molar-refractivity contribution >= 4 is 17.8 Å². The van der Waals surface area contributed by atoms with Crippen molar-refractivity contribution in [2.45, 2.75) is 25.9 Å². The van der Waals surface area contributed by atoms with Crippen molar-refractivity contribution in [2.75, 3.05) is 43.7 Å². The van der Waals surface area contributed by atoms with Gasteiger partial charge in [0.2, 0.25) is 6.41 Å². The molecular formula is C16H23FN2O3. The smallest absolute Gasteiger partial charge is 0.213 e. The fraction of sp³-hybridized carbons (Fsp3) is 0.562. The van der Waals surface area contributed by atoms with Crippen molar-refractivity contribution in [1.82, 2.24) is 0 Å². The van der Waals surface area contributed by atoms with E-state index in [0.29, 0.717) is 36.7 Å². The minimum Gasteiger partial charge on any atom is -0.491 e. The molecule has 1 atom stereocenters. The number of methoxy groups -OCH3 is 1. The highest BCUT2D eigenvalue weighted by Crippen LogP contribution is 2.36. The van der Waals surface area contributed by atoms with Crippen LogP contribution >= 0.6 is 0 Å². The predicted octanol–water partition coefficient (Wildman–Crippen LogP) is 2.43. The summed E-state index contributed by atoms with van der Waals surface area (Å²) in [5.74, 6) is 0.165. The molecule has 6 heteroatoms. The molecule has 1 aliphatic heterocycles. The lowest BCUT2D eigenvalue weighted by atomic mass is 10.2. The molecule has 1 amide bonds. The monoisotopic (exact) mass is 310 g/mol. The lowest BCUT2D eigenvalue weighted by molar-refractivity contribution is -0.107. The van der Waals surface area contributed by atoms with Gasteiger partial charge in [0.05, 0.1) is 24.1 Å². The summed E-state index contributed by atoms with van der Waals surface area (Å²) in [4.78, 5) is 14.3. The number of benzene rings is 1. The first kappa shape index (κ1) is 16.5. The minimum absolute atomic E-state index is 0.122. The van der Waals surface area contributed by atoms with E-state index in [1.807, 2.05) is 11.8 Å². The van der Waals surface area contributed by atoms with Crippen LogP contribution in [0.1, 0.15) is 19.8 Å². The first-order chi connectivity index (χ1) is 10.6. The number of amides is 1. The molecule has 1 fully saturated rings. The second kappa shape index (κ2) is 7.45. The van der Waals surface area contributed by atoms with Crippen LogP contribution in [0.3, 0.4) is 0 Å². The molecule has 0 saturated carbocycles. The zero-order valence-electron chi connectivity index (χ0n) is 13.3. The Morgan fingerprint density at radius 3 is 2.86 bits per heavy atom. The van der Waals surface area contributed by atoms with Crippen molar-refractivity contribution in [3.8, 4) is 5.75 Å². The summed E-state index contributed by atoms with van der Waals surface area (Å²) in [6.07, 6.45) is 2.48. The van der Waals surface area contributed by atoms with Gasteiger partial charge in [0.15, 0.2) is 0 Å². The maximum absolute atomic E-state index is 14.5. The summed E-state index contributed by atoms with van der Waals surface area (Å²) in [5.41, 5.74) is 0.931. The molecule has 0 bridgehead atoms. The van der Waals surface area contributed by atoms with Crippen LogP contribution in [-0.2, 0) is 9.53 Å². The van der Waals surface area contributed by atoms with Gasteiger partial charge in [-0.25, -0.2) is 4.39 Å². The topological polar surface area (TPSA) is 42.0 Å². The lowest BCUT2D eigenvalue weighted by Crippen LogP contribution is -2.24.